The summed E-state index contributed by atoms with van der Waals surface area (Å²) in [6, 6.07) is 3.63. The van der Waals surface area contributed by atoms with Gasteiger partial charge in [0, 0.05) is 0 Å². The van der Waals surface area contributed by atoms with E-state index in [0.717, 1.165) is 12.1 Å². The van der Waals surface area contributed by atoms with Crippen LogP contribution in [0.15, 0.2) is 24.3 Å². The molecule has 0 aliphatic carbocycles. The third-order valence-electron chi connectivity index (χ3n) is 2.49. The van der Waals surface area contributed by atoms with Crippen LogP contribution in [-0.2, 0) is 11.0 Å². The molecule has 7 heteroatoms. The highest BCUT2D eigenvalue weighted by atomic mass is 35.5. The van der Waals surface area contributed by atoms with E-state index in [9.17, 15) is 18.0 Å². The monoisotopic (exact) mass is 296 g/mol. The van der Waals surface area contributed by atoms with Gasteiger partial charge in [0.1, 0.15) is 0 Å². The van der Waals surface area contributed by atoms with Crippen molar-refractivity contribution in [2.24, 2.45) is 5.73 Å². The molecule has 0 bridgehead atoms. The molecule has 0 aliphatic heterocycles. The lowest BCUT2D eigenvalue weighted by Gasteiger charge is -2.17. The summed E-state index contributed by atoms with van der Waals surface area (Å²) in [4.78, 5) is 11.4. The van der Waals surface area contributed by atoms with Gasteiger partial charge in [-0.2, -0.15) is 13.2 Å². The molecule has 2 atom stereocenters. The van der Waals surface area contributed by atoms with Gasteiger partial charge in [-0.3, -0.25) is 4.79 Å². The standard InChI is InChI=1S/C12H15F3N2O.ClH/c1-7(16)11(18)17-8(2)9-4-3-5-10(6-9)12(13,14)15;/h3-8H,16H2,1-2H3,(H,17,18);1H/t7-,8?;/m1./s1. The lowest BCUT2D eigenvalue weighted by atomic mass is 10.0. The second-order valence-corrected chi connectivity index (χ2v) is 4.14. The van der Waals surface area contributed by atoms with Gasteiger partial charge in [-0.15, -0.1) is 12.4 Å². The van der Waals surface area contributed by atoms with Crippen LogP contribution in [0.3, 0.4) is 0 Å². The normalized spacial score (nSPS) is 14.2. The molecular formula is C12H16ClF3N2O. The van der Waals surface area contributed by atoms with Crippen molar-refractivity contribution in [3.8, 4) is 0 Å². The topological polar surface area (TPSA) is 55.1 Å². The van der Waals surface area contributed by atoms with Gasteiger partial charge in [-0.05, 0) is 31.5 Å². The van der Waals surface area contributed by atoms with Gasteiger partial charge in [0.15, 0.2) is 0 Å². The molecule has 19 heavy (non-hydrogen) atoms. The molecule has 108 valence electrons. The van der Waals surface area contributed by atoms with Gasteiger partial charge in [0.25, 0.3) is 0 Å². The number of rotatable bonds is 3. The van der Waals surface area contributed by atoms with Gasteiger partial charge in [0.05, 0.1) is 17.6 Å². The molecule has 0 aliphatic rings. The molecule has 0 saturated heterocycles. The quantitative estimate of drug-likeness (QED) is 0.901. The van der Waals surface area contributed by atoms with E-state index in [1.165, 1.54) is 19.1 Å². The van der Waals surface area contributed by atoms with E-state index in [1.54, 1.807) is 6.92 Å². The number of nitrogens with one attached hydrogen (secondary N) is 1. The van der Waals surface area contributed by atoms with Crippen molar-refractivity contribution in [2.45, 2.75) is 32.1 Å². The van der Waals surface area contributed by atoms with Gasteiger partial charge < -0.3 is 11.1 Å². The predicted octanol–water partition coefficient (Wildman–Crippen LogP) is 2.65. The molecule has 0 spiro atoms. The summed E-state index contributed by atoms with van der Waals surface area (Å²) in [5, 5.41) is 2.54. The second kappa shape index (κ2) is 6.77. The van der Waals surface area contributed by atoms with Crippen LogP contribution >= 0.6 is 12.4 Å². The minimum atomic E-state index is -4.39. The number of nitrogens with two attached hydrogens (primary N) is 1. The fraction of sp³-hybridized carbons (Fsp3) is 0.417. The maximum Gasteiger partial charge on any atom is 0.416 e. The fourth-order valence-corrected chi connectivity index (χ4v) is 1.41. The number of alkyl halides is 3. The highest BCUT2D eigenvalue weighted by molar-refractivity contribution is 5.85. The summed E-state index contributed by atoms with van der Waals surface area (Å²) in [6.07, 6.45) is -4.39. The smallest absolute Gasteiger partial charge is 0.348 e. The first-order chi connectivity index (χ1) is 8.21. The zero-order valence-electron chi connectivity index (χ0n) is 10.5. The van der Waals surface area contributed by atoms with Crippen molar-refractivity contribution in [3.63, 3.8) is 0 Å². The first-order valence-corrected chi connectivity index (χ1v) is 5.45. The average Bonchev–Trinajstić information content (AvgIpc) is 2.27. The second-order valence-electron chi connectivity index (χ2n) is 4.14. The minimum Gasteiger partial charge on any atom is -0.348 e. The third kappa shape index (κ3) is 5.08. The predicted molar refractivity (Wildman–Crippen MR) is 68.9 cm³/mol. The zero-order chi connectivity index (χ0) is 13.9. The Balaban J connectivity index is 0.00000324. The summed E-state index contributed by atoms with van der Waals surface area (Å²) >= 11 is 0. The molecule has 1 amide bonds. The molecule has 3 nitrogen and oxygen atoms in total. The molecule has 0 radical (unpaired) electrons. The lowest BCUT2D eigenvalue weighted by molar-refractivity contribution is -0.137. The van der Waals surface area contributed by atoms with Gasteiger partial charge in [-0.25, -0.2) is 0 Å². The van der Waals surface area contributed by atoms with Crippen LogP contribution in [0, 0.1) is 0 Å². The van der Waals surface area contributed by atoms with Crippen LogP contribution in [-0.4, -0.2) is 11.9 Å². The van der Waals surface area contributed by atoms with E-state index >= 15 is 0 Å². The number of hydrogen-bond donors (Lipinski definition) is 2. The van der Waals surface area contributed by atoms with Crippen LogP contribution in [0.2, 0.25) is 0 Å². The summed E-state index contributed by atoms with van der Waals surface area (Å²) < 4.78 is 37.5. The zero-order valence-corrected chi connectivity index (χ0v) is 11.3. The Hall–Kier alpha value is -1.27. The van der Waals surface area contributed by atoms with E-state index in [4.69, 9.17) is 5.73 Å². The van der Waals surface area contributed by atoms with E-state index < -0.39 is 29.7 Å². The van der Waals surface area contributed by atoms with E-state index in [0.29, 0.717) is 5.56 Å². The Morgan fingerprint density at radius 1 is 1.32 bits per heavy atom. The Morgan fingerprint density at radius 3 is 2.37 bits per heavy atom. The summed E-state index contributed by atoms with van der Waals surface area (Å²) in [5.74, 6) is -0.403. The van der Waals surface area contributed by atoms with Crippen LogP contribution < -0.4 is 11.1 Å². The number of amides is 1. The maximum atomic E-state index is 12.5. The molecule has 0 fully saturated rings. The van der Waals surface area contributed by atoms with Crippen molar-refractivity contribution in [2.75, 3.05) is 0 Å². The van der Waals surface area contributed by atoms with Crippen LogP contribution in [0.4, 0.5) is 13.2 Å². The third-order valence-corrected chi connectivity index (χ3v) is 2.49. The fourth-order valence-electron chi connectivity index (χ4n) is 1.41. The van der Waals surface area contributed by atoms with Crippen molar-refractivity contribution >= 4 is 18.3 Å². The summed E-state index contributed by atoms with van der Waals surface area (Å²) in [5.41, 5.74) is 5.02. The molecule has 0 aromatic heterocycles. The number of carbonyl (C=O) groups excluding carboxylic acids is 1. The van der Waals surface area contributed by atoms with Gasteiger partial charge in [0.2, 0.25) is 5.91 Å². The minimum absolute atomic E-state index is 0. The molecule has 1 rings (SSSR count). The first kappa shape index (κ1) is 17.7. The van der Waals surface area contributed by atoms with Gasteiger partial charge in [-0.1, -0.05) is 12.1 Å². The van der Waals surface area contributed by atoms with Crippen LogP contribution in [0.5, 0.6) is 0 Å². The summed E-state index contributed by atoms with van der Waals surface area (Å²) in [6.45, 7) is 3.12. The maximum absolute atomic E-state index is 12.5. The molecule has 1 unspecified atom stereocenters. The first-order valence-electron chi connectivity index (χ1n) is 5.45. The Morgan fingerprint density at radius 2 is 1.89 bits per heavy atom. The van der Waals surface area contributed by atoms with Crippen LogP contribution in [0.1, 0.15) is 31.0 Å². The van der Waals surface area contributed by atoms with Crippen molar-refractivity contribution < 1.29 is 18.0 Å². The number of benzene rings is 1. The Bertz CT molecular complexity index is 435. The highest BCUT2D eigenvalue weighted by Gasteiger charge is 2.30. The Kier molecular flexibility index (Phi) is 6.32. The summed E-state index contributed by atoms with van der Waals surface area (Å²) in [7, 11) is 0. The largest absolute Gasteiger partial charge is 0.416 e. The van der Waals surface area contributed by atoms with Crippen molar-refractivity contribution in [1.29, 1.82) is 0 Å². The molecular weight excluding hydrogens is 281 g/mol. The average molecular weight is 297 g/mol. The highest BCUT2D eigenvalue weighted by Crippen LogP contribution is 2.30. The molecule has 0 heterocycles. The number of carbonyl (C=O) groups is 1. The van der Waals surface area contributed by atoms with Crippen LogP contribution in [0.25, 0.3) is 0 Å². The van der Waals surface area contributed by atoms with Crippen molar-refractivity contribution in [3.05, 3.63) is 35.4 Å². The SMILES string of the molecule is CC(NC(=O)[C@@H](C)N)c1cccc(C(F)(F)F)c1.Cl. The van der Waals surface area contributed by atoms with E-state index in [1.807, 2.05) is 0 Å². The van der Waals surface area contributed by atoms with Crippen molar-refractivity contribution in [1.82, 2.24) is 5.32 Å². The van der Waals surface area contributed by atoms with E-state index in [-0.39, 0.29) is 12.4 Å². The molecule has 0 saturated carbocycles. The van der Waals surface area contributed by atoms with Gasteiger partial charge >= 0.3 is 6.18 Å². The molecule has 3 N–H and O–H groups in total. The molecule has 1 aromatic carbocycles. The van der Waals surface area contributed by atoms with E-state index in [2.05, 4.69) is 5.32 Å². The molecule has 1 aromatic rings. The number of hydrogen-bond acceptors (Lipinski definition) is 2. The lowest BCUT2D eigenvalue weighted by Crippen LogP contribution is -2.39. The number of halogens is 4. The Labute approximate surface area is 115 Å².